The van der Waals surface area contributed by atoms with E-state index in [4.69, 9.17) is 20.9 Å². The molecule has 0 radical (unpaired) electrons. The van der Waals surface area contributed by atoms with Gasteiger partial charge in [-0.1, -0.05) is 48.0 Å². The molecule has 0 saturated heterocycles. The van der Waals surface area contributed by atoms with Crippen molar-refractivity contribution in [3.8, 4) is 0 Å². The second kappa shape index (κ2) is 18.3. The summed E-state index contributed by atoms with van der Waals surface area (Å²) in [6.45, 7) is 1.24. The summed E-state index contributed by atoms with van der Waals surface area (Å²) < 4.78 is 45.6. The molecule has 0 spiro atoms. The fourth-order valence-corrected chi connectivity index (χ4v) is 5.08. The molecule has 0 bridgehead atoms. The molecule has 2 aromatic carbocycles. The minimum atomic E-state index is -3.65. The molecule has 0 unspecified atom stereocenters. The number of anilines is 1. The lowest BCUT2D eigenvalue weighted by Gasteiger charge is -2.31. The van der Waals surface area contributed by atoms with Gasteiger partial charge in [-0.3, -0.25) is 28.7 Å². The maximum absolute atomic E-state index is 14.0. The van der Waals surface area contributed by atoms with Crippen molar-refractivity contribution in [3.05, 3.63) is 71.1 Å². The van der Waals surface area contributed by atoms with E-state index < -0.39 is 37.7 Å². The SMILES string of the molecule is COP(=O)(OC)OCCNC(=O)NCCC[C@@H](COC(=O)Nc1cc2ccccc2cn1)N(NCc1cccc(F)c1Cl)C(C)=O. The predicted molar refractivity (Wildman–Crippen MR) is 169 cm³/mol. The average Bonchev–Trinajstić information content (AvgIpc) is 3.05. The number of phosphoric ester groups is 1. The number of nitrogens with zero attached hydrogens (tertiary/aromatic N) is 2. The van der Waals surface area contributed by atoms with Crippen LogP contribution < -0.4 is 21.4 Å². The number of hydrazine groups is 1. The number of halogens is 2. The van der Waals surface area contributed by atoms with Crippen molar-refractivity contribution in [1.29, 1.82) is 0 Å². The maximum Gasteiger partial charge on any atom is 0.474 e. The molecule has 46 heavy (non-hydrogen) atoms. The van der Waals surface area contributed by atoms with Crippen molar-refractivity contribution < 1.29 is 41.6 Å². The van der Waals surface area contributed by atoms with E-state index in [9.17, 15) is 23.3 Å². The van der Waals surface area contributed by atoms with E-state index in [0.29, 0.717) is 18.4 Å². The van der Waals surface area contributed by atoms with Crippen LogP contribution in [0.4, 0.5) is 19.8 Å². The van der Waals surface area contributed by atoms with Crippen molar-refractivity contribution in [3.63, 3.8) is 0 Å². The van der Waals surface area contributed by atoms with Gasteiger partial charge in [-0.15, -0.1) is 0 Å². The number of aromatic nitrogens is 1. The Bertz CT molecular complexity index is 1530. The number of phosphoric acid groups is 1. The van der Waals surface area contributed by atoms with Crippen LogP contribution >= 0.6 is 19.4 Å². The summed E-state index contributed by atoms with van der Waals surface area (Å²) >= 11 is 6.08. The standard InChI is InChI=1S/C29H37ClFN6O8P/c1-20(38)37(35-18-23-10-6-12-25(31)27(23)30)24(11-7-13-32-28(39)33-14-15-45-46(41,42-2)43-3)19-44-29(40)36-26-16-21-8-4-5-9-22(21)17-34-26/h4-6,8-10,12,16-17,24,35H,7,11,13-15,18-19H2,1-3H3,(H2,32,33,39)(H,34,36,40)/t24-/m0/s1. The normalized spacial score (nSPS) is 11.9. The highest BCUT2D eigenvalue weighted by Gasteiger charge is 2.24. The Labute approximate surface area is 270 Å². The lowest BCUT2D eigenvalue weighted by atomic mass is 10.1. The first kappa shape index (κ1) is 36.6. The van der Waals surface area contributed by atoms with Crippen LogP contribution in [-0.2, 0) is 34.2 Å². The minimum absolute atomic E-state index is 0.0156. The zero-order chi connectivity index (χ0) is 33.5. The fraction of sp³-hybridized carbons (Fsp3) is 0.379. The molecule has 17 heteroatoms. The molecule has 0 saturated carbocycles. The molecular formula is C29H37ClFN6O8P. The molecule has 1 atom stereocenters. The number of hydrogen-bond donors (Lipinski definition) is 4. The quantitative estimate of drug-likeness (QED) is 0.0864. The highest BCUT2D eigenvalue weighted by atomic mass is 35.5. The van der Waals surface area contributed by atoms with Gasteiger partial charge in [-0.05, 0) is 35.9 Å². The summed E-state index contributed by atoms with van der Waals surface area (Å²) in [5.41, 5.74) is 3.37. The molecule has 250 valence electrons. The van der Waals surface area contributed by atoms with Crippen molar-refractivity contribution in [2.75, 3.05) is 45.8 Å². The smallest absolute Gasteiger partial charge is 0.447 e. The van der Waals surface area contributed by atoms with Gasteiger partial charge < -0.3 is 15.4 Å². The number of pyridine rings is 1. The van der Waals surface area contributed by atoms with Crippen LogP contribution in [0.5, 0.6) is 0 Å². The number of carbonyl (C=O) groups excluding carboxylic acids is 3. The van der Waals surface area contributed by atoms with Gasteiger partial charge in [0.1, 0.15) is 18.2 Å². The second-order valence-corrected chi connectivity index (χ2v) is 12.0. The van der Waals surface area contributed by atoms with Gasteiger partial charge in [0, 0.05) is 52.4 Å². The Morgan fingerprint density at radius 2 is 1.76 bits per heavy atom. The van der Waals surface area contributed by atoms with Gasteiger partial charge >= 0.3 is 19.9 Å². The summed E-state index contributed by atoms with van der Waals surface area (Å²) in [6, 6.07) is 12.4. The zero-order valence-electron chi connectivity index (χ0n) is 25.6. The van der Waals surface area contributed by atoms with Gasteiger partial charge in [0.15, 0.2) is 0 Å². The second-order valence-electron chi connectivity index (χ2n) is 9.70. The van der Waals surface area contributed by atoms with E-state index in [1.54, 1.807) is 18.3 Å². The lowest BCUT2D eigenvalue weighted by Crippen LogP contribution is -2.51. The number of hydrogen-bond acceptors (Lipinski definition) is 10. The highest BCUT2D eigenvalue weighted by molar-refractivity contribution is 7.48. The molecule has 3 aromatic rings. The first-order valence-corrected chi connectivity index (χ1v) is 16.0. The molecule has 0 fully saturated rings. The third kappa shape index (κ3) is 11.5. The molecule has 0 aliphatic heterocycles. The average molecular weight is 683 g/mol. The molecule has 0 aliphatic carbocycles. The van der Waals surface area contributed by atoms with E-state index in [-0.39, 0.29) is 43.7 Å². The molecule has 14 nitrogen and oxygen atoms in total. The van der Waals surface area contributed by atoms with Crippen LogP contribution in [-0.4, -0.2) is 74.6 Å². The third-order valence-electron chi connectivity index (χ3n) is 6.53. The van der Waals surface area contributed by atoms with E-state index >= 15 is 0 Å². The molecule has 1 heterocycles. The number of fused-ring (bicyclic) bond motifs is 1. The Kier molecular flexibility index (Phi) is 14.6. The molecular weight excluding hydrogens is 646 g/mol. The van der Waals surface area contributed by atoms with Crippen LogP contribution in [0.25, 0.3) is 10.8 Å². The predicted octanol–water partition coefficient (Wildman–Crippen LogP) is 4.99. The van der Waals surface area contributed by atoms with E-state index in [2.05, 4.69) is 35.4 Å². The summed E-state index contributed by atoms with van der Waals surface area (Å²) in [6.07, 6.45) is 1.51. The van der Waals surface area contributed by atoms with E-state index in [0.717, 1.165) is 10.8 Å². The lowest BCUT2D eigenvalue weighted by molar-refractivity contribution is -0.136. The number of ether oxygens (including phenoxy) is 1. The van der Waals surface area contributed by atoms with Crippen LogP contribution in [0.1, 0.15) is 25.3 Å². The Morgan fingerprint density at radius 3 is 2.48 bits per heavy atom. The largest absolute Gasteiger partial charge is 0.474 e. The van der Waals surface area contributed by atoms with E-state index in [1.165, 1.54) is 38.3 Å². The van der Waals surface area contributed by atoms with Gasteiger partial charge in [-0.2, -0.15) is 0 Å². The number of amides is 4. The van der Waals surface area contributed by atoms with Gasteiger partial charge in [0.25, 0.3) is 0 Å². The van der Waals surface area contributed by atoms with Gasteiger partial charge in [0.05, 0.1) is 17.7 Å². The summed E-state index contributed by atoms with van der Waals surface area (Å²) in [4.78, 5) is 41.8. The molecule has 1 aromatic heterocycles. The molecule has 3 rings (SSSR count). The first-order chi connectivity index (χ1) is 22.0. The minimum Gasteiger partial charge on any atom is -0.447 e. The van der Waals surface area contributed by atoms with Crippen molar-refractivity contribution in [2.24, 2.45) is 0 Å². The van der Waals surface area contributed by atoms with Crippen LogP contribution in [0, 0.1) is 5.82 Å². The Balaban J connectivity index is 1.58. The monoisotopic (exact) mass is 682 g/mol. The van der Waals surface area contributed by atoms with Crippen molar-refractivity contribution >= 4 is 54.0 Å². The maximum atomic E-state index is 14.0. The van der Waals surface area contributed by atoms with Crippen LogP contribution in [0.3, 0.4) is 0 Å². The van der Waals surface area contributed by atoms with Gasteiger partial charge in [0.2, 0.25) is 5.91 Å². The molecule has 0 aliphatic rings. The van der Waals surface area contributed by atoms with Gasteiger partial charge in [-0.25, -0.2) is 29.0 Å². The number of carbonyl (C=O) groups is 3. The zero-order valence-corrected chi connectivity index (χ0v) is 27.2. The third-order valence-corrected chi connectivity index (χ3v) is 8.34. The summed E-state index contributed by atoms with van der Waals surface area (Å²) in [5, 5.41) is 10.8. The molecule has 4 amide bonds. The number of urea groups is 1. The summed E-state index contributed by atoms with van der Waals surface area (Å²) in [7, 11) is -1.30. The number of rotatable bonds is 17. The topological polar surface area (TPSA) is 169 Å². The Morgan fingerprint density at radius 1 is 1.04 bits per heavy atom. The highest BCUT2D eigenvalue weighted by Crippen LogP contribution is 2.47. The van der Waals surface area contributed by atoms with Crippen molar-refractivity contribution in [2.45, 2.75) is 32.4 Å². The van der Waals surface area contributed by atoms with Crippen molar-refractivity contribution in [1.82, 2.24) is 26.1 Å². The van der Waals surface area contributed by atoms with Crippen LogP contribution in [0.2, 0.25) is 5.02 Å². The molecule has 4 N–H and O–H groups in total. The fourth-order valence-electron chi connectivity index (χ4n) is 4.21. The summed E-state index contributed by atoms with van der Waals surface area (Å²) in [5.74, 6) is -0.709. The first-order valence-electron chi connectivity index (χ1n) is 14.2. The Hall–Kier alpha value is -3.85. The number of nitrogens with one attached hydrogen (secondary N) is 4. The number of benzene rings is 2. The van der Waals surface area contributed by atoms with E-state index in [1.807, 2.05) is 24.3 Å². The van der Waals surface area contributed by atoms with Crippen LogP contribution in [0.15, 0.2) is 54.7 Å².